The summed E-state index contributed by atoms with van der Waals surface area (Å²) in [5.41, 5.74) is 2.49. The van der Waals surface area contributed by atoms with Crippen molar-refractivity contribution in [1.82, 2.24) is 10.3 Å². The first-order chi connectivity index (χ1) is 8.40. The molecular weight excluding hydrogens is 212 g/mol. The van der Waals surface area contributed by atoms with Crippen molar-refractivity contribution in [2.45, 2.75) is 25.8 Å². The van der Waals surface area contributed by atoms with Gasteiger partial charge in [0.05, 0.1) is 12.5 Å². The lowest BCUT2D eigenvalue weighted by Crippen LogP contribution is -2.23. The van der Waals surface area contributed by atoms with Gasteiger partial charge in [0.15, 0.2) is 0 Å². The fraction of sp³-hybridized carbons (Fsp3) is 0.357. The lowest BCUT2D eigenvalue weighted by molar-refractivity contribution is 0.520. The van der Waals surface area contributed by atoms with Crippen LogP contribution >= 0.6 is 0 Å². The first kappa shape index (κ1) is 11.9. The Balaban J connectivity index is 2.08. The molecule has 0 aliphatic rings. The van der Waals surface area contributed by atoms with Crippen molar-refractivity contribution in [3.8, 4) is 0 Å². The molecule has 3 heteroatoms. The second kappa shape index (κ2) is 6.21. The predicted molar refractivity (Wildman–Crippen MR) is 67.7 cm³/mol. The third-order valence-corrected chi connectivity index (χ3v) is 2.77. The zero-order valence-corrected chi connectivity index (χ0v) is 10.1. The van der Waals surface area contributed by atoms with Gasteiger partial charge in [-0.2, -0.15) is 0 Å². The zero-order chi connectivity index (χ0) is 11.9. The number of pyridine rings is 1. The lowest BCUT2D eigenvalue weighted by atomic mass is 10.0. The Morgan fingerprint density at radius 3 is 2.76 bits per heavy atom. The summed E-state index contributed by atoms with van der Waals surface area (Å²) in [6.07, 6.45) is 9.28. The first-order valence-electron chi connectivity index (χ1n) is 6.04. The summed E-state index contributed by atoms with van der Waals surface area (Å²) in [6.45, 7) is 3.19. The summed E-state index contributed by atoms with van der Waals surface area (Å²) < 4.78 is 5.12. The summed E-state index contributed by atoms with van der Waals surface area (Å²) in [5.74, 6) is 0. The van der Waals surface area contributed by atoms with E-state index in [1.807, 2.05) is 24.7 Å². The van der Waals surface area contributed by atoms with Gasteiger partial charge in [-0.3, -0.25) is 4.98 Å². The van der Waals surface area contributed by atoms with Crippen molar-refractivity contribution < 1.29 is 4.42 Å². The third-order valence-electron chi connectivity index (χ3n) is 2.77. The van der Waals surface area contributed by atoms with Gasteiger partial charge >= 0.3 is 0 Å². The molecule has 2 rings (SSSR count). The van der Waals surface area contributed by atoms with Gasteiger partial charge in [-0.1, -0.05) is 6.92 Å². The molecule has 2 heterocycles. The Morgan fingerprint density at radius 1 is 1.29 bits per heavy atom. The molecule has 2 aromatic heterocycles. The number of hydrogen-bond donors (Lipinski definition) is 1. The van der Waals surface area contributed by atoms with Gasteiger partial charge < -0.3 is 9.73 Å². The molecule has 0 aliphatic heterocycles. The molecule has 1 atom stereocenters. The maximum atomic E-state index is 5.12. The van der Waals surface area contributed by atoms with Crippen LogP contribution in [0.4, 0.5) is 0 Å². The lowest BCUT2D eigenvalue weighted by Gasteiger charge is -2.18. The van der Waals surface area contributed by atoms with E-state index >= 15 is 0 Å². The molecule has 1 unspecified atom stereocenters. The molecule has 0 fully saturated rings. The van der Waals surface area contributed by atoms with Crippen molar-refractivity contribution in [2.24, 2.45) is 0 Å². The second-order valence-electron chi connectivity index (χ2n) is 4.12. The van der Waals surface area contributed by atoms with Crippen molar-refractivity contribution in [1.29, 1.82) is 0 Å². The predicted octanol–water partition coefficient (Wildman–Crippen LogP) is 2.96. The van der Waals surface area contributed by atoms with Gasteiger partial charge in [0.1, 0.15) is 0 Å². The molecule has 90 valence electrons. The molecular formula is C14H18N2O. The summed E-state index contributed by atoms with van der Waals surface area (Å²) in [6, 6.07) is 6.47. The molecule has 0 saturated heterocycles. The molecule has 0 bridgehead atoms. The summed E-state index contributed by atoms with van der Waals surface area (Å²) in [7, 11) is 0. The molecule has 0 amide bonds. The van der Waals surface area contributed by atoms with Crippen LogP contribution in [0.1, 0.15) is 30.5 Å². The maximum Gasteiger partial charge on any atom is 0.0935 e. The van der Waals surface area contributed by atoms with E-state index in [4.69, 9.17) is 4.42 Å². The van der Waals surface area contributed by atoms with E-state index in [9.17, 15) is 0 Å². The van der Waals surface area contributed by atoms with Gasteiger partial charge in [0, 0.05) is 18.4 Å². The van der Waals surface area contributed by atoms with E-state index in [0.29, 0.717) is 6.04 Å². The molecule has 0 saturated carbocycles. The SMILES string of the molecule is CCCNC(Cc1ccoc1)c1ccncc1. The van der Waals surface area contributed by atoms with Gasteiger partial charge in [-0.25, -0.2) is 0 Å². The molecule has 1 N–H and O–H groups in total. The minimum absolute atomic E-state index is 0.329. The van der Waals surface area contributed by atoms with Gasteiger partial charge in [-0.05, 0) is 48.7 Å². The molecule has 17 heavy (non-hydrogen) atoms. The van der Waals surface area contributed by atoms with Gasteiger partial charge in [0.25, 0.3) is 0 Å². The standard InChI is InChI=1S/C14H18N2O/c1-2-6-16-14(10-12-5-9-17-11-12)13-3-7-15-8-4-13/h3-5,7-9,11,14,16H,2,6,10H2,1H3. The Labute approximate surface area is 102 Å². The van der Waals surface area contributed by atoms with Gasteiger partial charge in [0.2, 0.25) is 0 Å². The van der Waals surface area contributed by atoms with Crippen LogP contribution in [0.25, 0.3) is 0 Å². The fourth-order valence-electron chi connectivity index (χ4n) is 1.87. The van der Waals surface area contributed by atoms with E-state index in [2.05, 4.69) is 29.4 Å². The van der Waals surface area contributed by atoms with Crippen molar-refractivity contribution in [2.75, 3.05) is 6.54 Å². The fourth-order valence-corrected chi connectivity index (χ4v) is 1.87. The quantitative estimate of drug-likeness (QED) is 0.829. The average molecular weight is 230 g/mol. The smallest absolute Gasteiger partial charge is 0.0935 e. The average Bonchev–Trinajstić information content (AvgIpc) is 2.88. The van der Waals surface area contributed by atoms with Crippen molar-refractivity contribution in [3.05, 3.63) is 54.2 Å². The molecule has 2 aromatic rings. The van der Waals surface area contributed by atoms with Crippen LogP contribution in [0, 0.1) is 0 Å². The van der Waals surface area contributed by atoms with Crippen LogP contribution in [-0.4, -0.2) is 11.5 Å². The molecule has 0 aliphatic carbocycles. The Bertz CT molecular complexity index is 411. The number of aromatic nitrogens is 1. The number of hydrogen-bond acceptors (Lipinski definition) is 3. The third kappa shape index (κ3) is 3.43. The van der Waals surface area contributed by atoms with Gasteiger partial charge in [-0.15, -0.1) is 0 Å². The largest absolute Gasteiger partial charge is 0.472 e. The summed E-state index contributed by atoms with van der Waals surface area (Å²) in [5, 5.41) is 3.55. The van der Waals surface area contributed by atoms with Crippen LogP contribution < -0.4 is 5.32 Å². The molecule has 3 nitrogen and oxygen atoms in total. The van der Waals surface area contributed by atoms with E-state index < -0.39 is 0 Å². The minimum atomic E-state index is 0.329. The first-order valence-corrected chi connectivity index (χ1v) is 6.04. The Kier molecular flexibility index (Phi) is 4.33. The van der Waals surface area contributed by atoms with Crippen LogP contribution in [0.3, 0.4) is 0 Å². The highest BCUT2D eigenvalue weighted by molar-refractivity contribution is 5.19. The molecule has 0 spiro atoms. The van der Waals surface area contributed by atoms with Crippen LogP contribution in [-0.2, 0) is 6.42 Å². The normalized spacial score (nSPS) is 12.5. The monoisotopic (exact) mass is 230 g/mol. The van der Waals surface area contributed by atoms with E-state index in [1.54, 1.807) is 6.26 Å². The summed E-state index contributed by atoms with van der Waals surface area (Å²) >= 11 is 0. The highest BCUT2D eigenvalue weighted by Gasteiger charge is 2.11. The second-order valence-corrected chi connectivity index (χ2v) is 4.12. The van der Waals surface area contributed by atoms with Crippen LogP contribution in [0.15, 0.2) is 47.5 Å². The van der Waals surface area contributed by atoms with Crippen LogP contribution in [0.5, 0.6) is 0 Å². The van der Waals surface area contributed by atoms with E-state index in [-0.39, 0.29) is 0 Å². The Hall–Kier alpha value is -1.61. The topological polar surface area (TPSA) is 38.1 Å². The zero-order valence-electron chi connectivity index (χ0n) is 10.1. The summed E-state index contributed by atoms with van der Waals surface area (Å²) in [4.78, 5) is 4.06. The van der Waals surface area contributed by atoms with E-state index in [0.717, 1.165) is 19.4 Å². The number of nitrogens with one attached hydrogen (secondary N) is 1. The number of furan rings is 1. The van der Waals surface area contributed by atoms with E-state index in [1.165, 1.54) is 11.1 Å². The Morgan fingerprint density at radius 2 is 2.12 bits per heavy atom. The minimum Gasteiger partial charge on any atom is -0.472 e. The molecule has 0 radical (unpaired) electrons. The maximum absolute atomic E-state index is 5.12. The number of nitrogens with zero attached hydrogens (tertiary/aromatic N) is 1. The van der Waals surface area contributed by atoms with Crippen LogP contribution in [0.2, 0.25) is 0 Å². The van der Waals surface area contributed by atoms with Crippen molar-refractivity contribution in [3.63, 3.8) is 0 Å². The number of rotatable bonds is 6. The van der Waals surface area contributed by atoms with Crippen molar-refractivity contribution >= 4 is 0 Å². The molecule has 0 aromatic carbocycles. The highest BCUT2D eigenvalue weighted by atomic mass is 16.3. The highest BCUT2D eigenvalue weighted by Crippen LogP contribution is 2.18.